The molecule has 2 aromatic rings. The normalized spacial score (nSPS) is 13.2. The fourth-order valence-electron chi connectivity index (χ4n) is 5.22. The molecule has 0 aromatic heterocycles. The van der Waals surface area contributed by atoms with Crippen LogP contribution in [0.2, 0.25) is 0 Å². The van der Waals surface area contributed by atoms with Crippen LogP contribution >= 0.6 is 0 Å². The molecule has 0 spiro atoms. The Morgan fingerprint density at radius 1 is 0.795 bits per heavy atom. The average Bonchev–Trinajstić information content (AvgIpc) is 2.92. The molecule has 0 aliphatic carbocycles. The zero-order chi connectivity index (χ0) is 28.3. The number of quaternary nitrogens is 1. The van der Waals surface area contributed by atoms with Gasteiger partial charge in [-0.05, 0) is 43.9 Å². The summed E-state index contributed by atoms with van der Waals surface area (Å²) in [6.07, 6.45) is 14.9. The Labute approximate surface area is 239 Å². The number of hydrogen-bond donors (Lipinski definition) is 0. The fraction of sp³-hybridized carbons (Fsp3) is 0.629. The largest absolute Gasteiger partial charge is 0.491 e. The number of nitrogens with zero attached hydrogens (tertiary/aromatic N) is 1. The Morgan fingerprint density at radius 3 is 2.03 bits per heavy atom. The van der Waals surface area contributed by atoms with Crippen LogP contribution in [0.4, 0.5) is 0 Å². The van der Waals surface area contributed by atoms with E-state index in [0.717, 1.165) is 36.2 Å². The maximum atomic E-state index is 12.8. The Kier molecular flexibility index (Phi) is 15.9. The van der Waals surface area contributed by atoms with Crippen LogP contribution in [0.1, 0.15) is 103 Å². The van der Waals surface area contributed by atoms with E-state index in [1.54, 1.807) is 0 Å². The van der Waals surface area contributed by atoms with Crippen molar-refractivity contribution in [3.8, 4) is 5.75 Å². The zero-order valence-electron chi connectivity index (χ0n) is 25.6. The molecule has 4 nitrogen and oxygen atoms in total. The highest BCUT2D eigenvalue weighted by Crippen LogP contribution is 2.19. The number of ether oxygens (including phenoxy) is 2. The van der Waals surface area contributed by atoms with Crippen molar-refractivity contribution in [2.75, 3.05) is 27.2 Å². The summed E-state index contributed by atoms with van der Waals surface area (Å²) in [7, 11) is 4.36. The monoisotopic (exact) mass is 538 g/mol. The molecule has 0 radical (unpaired) electrons. The van der Waals surface area contributed by atoms with Gasteiger partial charge in [-0.3, -0.25) is 4.79 Å². The van der Waals surface area contributed by atoms with Crippen LogP contribution in [0, 0.1) is 5.92 Å². The van der Waals surface area contributed by atoms with Crippen molar-refractivity contribution in [3.05, 3.63) is 65.7 Å². The summed E-state index contributed by atoms with van der Waals surface area (Å²) in [5, 5.41) is 0. The summed E-state index contributed by atoms with van der Waals surface area (Å²) >= 11 is 0. The number of aryl methyl sites for hydroxylation is 1. The lowest BCUT2D eigenvalue weighted by molar-refractivity contribution is -0.906. The number of unbranched alkanes of at least 4 members (excludes halogenated alkanes) is 8. The smallest absolute Gasteiger partial charge is 0.314 e. The maximum Gasteiger partial charge on any atom is 0.314 e. The van der Waals surface area contributed by atoms with E-state index in [-0.39, 0.29) is 18.0 Å². The lowest BCUT2D eigenvalue weighted by Crippen LogP contribution is -2.44. The molecule has 0 saturated carbocycles. The van der Waals surface area contributed by atoms with Crippen LogP contribution in [0.5, 0.6) is 5.75 Å². The molecule has 0 N–H and O–H groups in total. The van der Waals surface area contributed by atoms with E-state index in [1.807, 2.05) is 13.0 Å². The highest BCUT2D eigenvalue weighted by Gasteiger charge is 2.28. The van der Waals surface area contributed by atoms with Gasteiger partial charge in [0.25, 0.3) is 0 Å². The lowest BCUT2D eigenvalue weighted by Gasteiger charge is -2.32. The summed E-state index contributed by atoms with van der Waals surface area (Å²) in [6.45, 7) is 8.44. The summed E-state index contributed by atoms with van der Waals surface area (Å²) in [4.78, 5) is 12.8. The number of carbonyl (C=O) groups is 1. The minimum absolute atomic E-state index is 0.00800. The number of carbonyl (C=O) groups excluding carboxylic acids is 1. The molecule has 2 atom stereocenters. The lowest BCUT2D eigenvalue weighted by atomic mass is 10.0. The predicted octanol–water partition coefficient (Wildman–Crippen LogP) is 8.76. The number of benzene rings is 2. The van der Waals surface area contributed by atoms with Gasteiger partial charge in [0.2, 0.25) is 0 Å². The van der Waals surface area contributed by atoms with Crippen LogP contribution in [0.15, 0.2) is 54.6 Å². The van der Waals surface area contributed by atoms with Crippen LogP contribution in [-0.4, -0.2) is 43.8 Å². The Bertz CT molecular complexity index is 894. The van der Waals surface area contributed by atoms with E-state index >= 15 is 0 Å². The van der Waals surface area contributed by atoms with Crippen LogP contribution in [0.3, 0.4) is 0 Å². The quantitative estimate of drug-likeness (QED) is 0.0905. The van der Waals surface area contributed by atoms with Crippen molar-refractivity contribution in [2.45, 2.75) is 110 Å². The molecule has 2 rings (SSSR count). The van der Waals surface area contributed by atoms with E-state index < -0.39 is 0 Å². The van der Waals surface area contributed by atoms with Gasteiger partial charge in [-0.2, -0.15) is 0 Å². The molecular weight excluding hydrogens is 482 g/mol. The van der Waals surface area contributed by atoms with Gasteiger partial charge in [0.1, 0.15) is 18.2 Å². The molecule has 0 aliphatic rings. The van der Waals surface area contributed by atoms with Crippen LogP contribution in [-0.2, 0) is 22.5 Å². The molecule has 0 saturated heterocycles. The number of hydrogen-bond acceptors (Lipinski definition) is 3. The zero-order valence-corrected chi connectivity index (χ0v) is 25.6. The average molecular weight is 539 g/mol. The SMILES string of the molecule is CCCCCCCCCCCc1ccc(OC(C)CCOC(=O)C(CC)C[N+](C)(C)Cc2ccccc2)cc1. The second kappa shape index (κ2) is 18.9. The van der Waals surface area contributed by atoms with Crippen molar-refractivity contribution in [2.24, 2.45) is 5.92 Å². The standard InChI is InChI=1S/C35H56NO3/c1-6-8-9-10-11-12-13-14-16-19-31-22-24-34(25-23-31)39-30(3)26-27-38-35(37)33(7-2)29-36(4,5)28-32-20-17-15-18-21-32/h15,17-18,20-25,30,33H,6-14,16,19,26-29H2,1-5H3/q+1. The Hall–Kier alpha value is -2.33. The second-order valence-corrected chi connectivity index (χ2v) is 12.0. The van der Waals surface area contributed by atoms with E-state index in [1.165, 1.54) is 68.9 Å². The van der Waals surface area contributed by atoms with Gasteiger partial charge in [0.05, 0.1) is 33.4 Å². The van der Waals surface area contributed by atoms with Crippen LogP contribution < -0.4 is 4.74 Å². The van der Waals surface area contributed by atoms with Crippen molar-refractivity contribution in [3.63, 3.8) is 0 Å². The van der Waals surface area contributed by atoms with Gasteiger partial charge in [0, 0.05) is 12.0 Å². The molecule has 0 aliphatic heterocycles. The molecule has 39 heavy (non-hydrogen) atoms. The minimum Gasteiger partial charge on any atom is -0.491 e. The third-order valence-corrected chi connectivity index (χ3v) is 7.59. The first-order chi connectivity index (χ1) is 18.8. The van der Waals surface area contributed by atoms with E-state index in [0.29, 0.717) is 13.0 Å². The van der Waals surface area contributed by atoms with E-state index in [9.17, 15) is 4.79 Å². The molecule has 0 bridgehead atoms. The molecule has 2 unspecified atom stereocenters. The Balaban J connectivity index is 1.62. The molecule has 0 amide bonds. The number of rotatable bonds is 21. The number of esters is 1. The van der Waals surface area contributed by atoms with Gasteiger partial charge in [-0.25, -0.2) is 0 Å². The van der Waals surface area contributed by atoms with Crippen molar-refractivity contribution in [1.82, 2.24) is 0 Å². The molecular formula is C35H56NO3+. The van der Waals surface area contributed by atoms with Gasteiger partial charge >= 0.3 is 5.97 Å². The summed E-state index contributed by atoms with van der Waals surface area (Å²) in [6, 6.07) is 19.0. The van der Waals surface area contributed by atoms with E-state index in [4.69, 9.17) is 9.47 Å². The molecule has 2 aromatic carbocycles. The first kappa shape index (κ1) is 32.9. The van der Waals surface area contributed by atoms with Crippen molar-refractivity contribution in [1.29, 1.82) is 0 Å². The van der Waals surface area contributed by atoms with Gasteiger partial charge in [-0.15, -0.1) is 0 Å². The topological polar surface area (TPSA) is 35.5 Å². The van der Waals surface area contributed by atoms with Crippen molar-refractivity contribution < 1.29 is 18.8 Å². The predicted molar refractivity (Wildman–Crippen MR) is 164 cm³/mol. The summed E-state index contributed by atoms with van der Waals surface area (Å²) < 4.78 is 12.5. The Morgan fingerprint density at radius 2 is 1.41 bits per heavy atom. The second-order valence-electron chi connectivity index (χ2n) is 12.0. The molecule has 218 valence electrons. The third kappa shape index (κ3) is 14.6. The van der Waals surface area contributed by atoms with Gasteiger partial charge in [-0.1, -0.05) is 108 Å². The molecule has 4 heteroatoms. The first-order valence-corrected chi connectivity index (χ1v) is 15.6. The summed E-state index contributed by atoms with van der Waals surface area (Å²) in [5.74, 6) is 0.694. The van der Waals surface area contributed by atoms with Gasteiger partial charge < -0.3 is 14.0 Å². The highest BCUT2D eigenvalue weighted by atomic mass is 16.5. The van der Waals surface area contributed by atoms with Gasteiger partial charge in [0.15, 0.2) is 0 Å². The van der Waals surface area contributed by atoms with Crippen molar-refractivity contribution >= 4 is 5.97 Å². The van der Waals surface area contributed by atoms with Crippen LogP contribution in [0.25, 0.3) is 0 Å². The highest BCUT2D eigenvalue weighted by molar-refractivity contribution is 5.72. The minimum atomic E-state index is -0.0988. The maximum absolute atomic E-state index is 12.8. The fourth-order valence-corrected chi connectivity index (χ4v) is 5.22. The molecule has 0 heterocycles. The van der Waals surface area contributed by atoms with E-state index in [2.05, 4.69) is 76.5 Å². The third-order valence-electron chi connectivity index (χ3n) is 7.59. The summed E-state index contributed by atoms with van der Waals surface area (Å²) in [5.41, 5.74) is 2.67. The first-order valence-electron chi connectivity index (χ1n) is 15.6. The molecule has 0 fully saturated rings.